The van der Waals surface area contributed by atoms with E-state index in [1.165, 1.54) is 11.0 Å². The van der Waals surface area contributed by atoms with Crippen molar-refractivity contribution in [2.45, 2.75) is 6.04 Å². The topological polar surface area (TPSA) is 46.0 Å². The molecule has 0 aromatic heterocycles. The number of hydrogen-bond donors (Lipinski definition) is 2. The van der Waals surface area contributed by atoms with Crippen LogP contribution in [0.3, 0.4) is 0 Å². The van der Waals surface area contributed by atoms with Gasteiger partial charge in [0.2, 0.25) is 0 Å². The van der Waals surface area contributed by atoms with Crippen LogP contribution >= 0.6 is 0 Å². The number of hydrogen-bond acceptors (Lipinski definition) is 3. The number of morpholine rings is 1. The molecule has 3 rings (SSSR count). The van der Waals surface area contributed by atoms with Gasteiger partial charge in [-0.1, -0.05) is 18.2 Å². The molecule has 150 valence electrons. The Kier molecular flexibility index (Phi) is 6.59. The van der Waals surface area contributed by atoms with Crippen LogP contribution in [0.4, 0.5) is 14.5 Å². The van der Waals surface area contributed by atoms with Gasteiger partial charge in [-0.3, -0.25) is 4.79 Å². The number of ether oxygens (including phenoxy) is 1. The number of carbonyl (C=O) groups excluding carboxylic acids is 1. The fourth-order valence-electron chi connectivity index (χ4n) is 3.48. The van der Waals surface area contributed by atoms with Crippen LogP contribution in [0.2, 0.25) is 0 Å². The first-order valence-corrected chi connectivity index (χ1v) is 9.39. The quantitative estimate of drug-likeness (QED) is 0.784. The fourth-order valence-corrected chi connectivity index (χ4v) is 3.48. The van der Waals surface area contributed by atoms with Crippen LogP contribution in [0.15, 0.2) is 42.5 Å². The van der Waals surface area contributed by atoms with Gasteiger partial charge in [0, 0.05) is 25.3 Å². The van der Waals surface area contributed by atoms with Gasteiger partial charge in [-0.25, -0.2) is 8.78 Å². The lowest BCUT2D eigenvalue weighted by molar-refractivity contribution is -0.937. The summed E-state index contributed by atoms with van der Waals surface area (Å²) in [5.74, 6) is -2.45. The molecule has 1 saturated heterocycles. The van der Waals surface area contributed by atoms with Crippen molar-refractivity contribution in [1.29, 1.82) is 0 Å². The number of anilines is 1. The fraction of sp³-hybridized carbons (Fsp3) is 0.381. The van der Waals surface area contributed by atoms with E-state index in [1.807, 2.05) is 43.3 Å². The van der Waals surface area contributed by atoms with Gasteiger partial charge in [0.05, 0.1) is 19.8 Å². The van der Waals surface area contributed by atoms with E-state index in [0.717, 1.165) is 36.5 Å². The van der Waals surface area contributed by atoms with Crippen LogP contribution in [0.1, 0.15) is 22.0 Å². The number of carbonyl (C=O) groups is 1. The van der Waals surface area contributed by atoms with E-state index < -0.39 is 23.1 Å². The van der Waals surface area contributed by atoms with E-state index in [9.17, 15) is 13.6 Å². The molecule has 5 nitrogen and oxygen atoms in total. The Bertz CT molecular complexity index is 786. The highest BCUT2D eigenvalue weighted by Crippen LogP contribution is 2.17. The smallest absolute Gasteiger partial charge is 0.257 e. The SMILES string of the molecule is CN(C)c1ccc([C@@H](CNC(=O)c2c(F)cccc2F)[NH+]2CCOCC2)cc1. The lowest BCUT2D eigenvalue weighted by atomic mass is 10.0. The Labute approximate surface area is 163 Å². The molecular formula is C21H26F2N3O2+. The molecule has 1 aliphatic heterocycles. The van der Waals surface area contributed by atoms with Gasteiger partial charge in [0.1, 0.15) is 36.3 Å². The molecule has 2 aromatic rings. The summed E-state index contributed by atoms with van der Waals surface area (Å²) in [6, 6.07) is 11.5. The average Bonchev–Trinajstić information content (AvgIpc) is 2.69. The predicted octanol–water partition coefficient (Wildman–Crippen LogP) is 1.42. The molecule has 1 aliphatic rings. The normalized spacial score (nSPS) is 15.9. The van der Waals surface area contributed by atoms with Gasteiger partial charge in [0.15, 0.2) is 0 Å². The molecule has 2 aromatic carbocycles. The van der Waals surface area contributed by atoms with Crippen molar-refractivity contribution >= 4 is 11.6 Å². The second-order valence-electron chi connectivity index (χ2n) is 7.12. The maximum Gasteiger partial charge on any atom is 0.257 e. The molecular weight excluding hydrogens is 364 g/mol. The maximum absolute atomic E-state index is 13.9. The van der Waals surface area contributed by atoms with Crippen molar-refractivity contribution in [1.82, 2.24) is 5.32 Å². The number of amides is 1. The number of nitrogens with zero attached hydrogens (tertiary/aromatic N) is 1. The number of quaternary nitrogens is 1. The summed E-state index contributed by atoms with van der Waals surface area (Å²) >= 11 is 0. The van der Waals surface area contributed by atoms with E-state index >= 15 is 0 Å². The summed E-state index contributed by atoms with van der Waals surface area (Å²) in [5, 5.41) is 2.72. The molecule has 2 N–H and O–H groups in total. The minimum absolute atomic E-state index is 0.0288. The highest BCUT2D eigenvalue weighted by atomic mass is 19.1. The molecule has 28 heavy (non-hydrogen) atoms. The third-order valence-electron chi connectivity index (χ3n) is 5.10. The van der Waals surface area contributed by atoms with Crippen LogP contribution in [0.25, 0.3) is 0 Å². The Balaban J connectivity index is 1.78. The van der Waals surface area contributed by atoms with Gasteiger partial charge < -0.3 is 19.9 Å². The average molecular weight is 390 g/mol. The van der Waals surface area contributed by atoms with Crippen LogP contribution < -0.4 is 15.1 Å². The van der Waals surface area contributed by atoms with Crippen molar-refractivity contribution in [2.75, 3.05) is 51.8 Å². The lowest BCUT2D eigenvalue weighted by Gasteiger charge is -2.32. The third kappa shape index (κ3) is 4.66. The molecule has 0 spiro atoms. The van der Waals surface area contributed by atoms with Crippen LogP contribution in [0.5, 0.6) is 0 Å². The molecule has 7 heteroatoms. The first-order valence-electron chi connectivity index (χ1n) is 9.39. The molecule has 0 radical (unpaired) electrons. The molecule has 1 amide bonds. The van der Waals surface area contributed by atoms with Gasteiger partial charge in [-0.15, -0.1) is 0 Å². The second kappa shape index (κ2) is 9.12. The Morgan fingerprint density at radius 2 is 1.71 bits per heavy atom. The first-order chi connectivity index (χ1) is 13.5. The van der Waals surface area contributed by atoms with E-state index in [-0.39, 0.29) is 12.6 Å². The molecule has 0 bridgehead atoms. The summed E-state index contributed by atoms with van der Waals surface area (Å²) in [5.41, 5.74) is 1.61. The molecule has 1 atom stereocenters. The zero-order valence-electron chi connectivity index (χ0n) is 16.2. The molecule has 0 aliphatic carbocycles. The summed E-state index contributed by atoms with van der Waals surface area (Å²) in [6.07, 6.45) is 0. The number of rotatable bonds is 6. The molecule has 0 unspecified atom stereocenters. The van der Waals surface area contributed by atoms with E-state index in [0.29, 0.717) is 13.2 Å². The number of nitrogens with one attached hydrogen (secondary N) is 2. The lowest BCUT2D eigenvalue weighted by Crippen LogP contribution is -3.15. The van der Waals surface area contributed by atoms with E-state index in [2.05, 4.69) is 5.32 Å². The number of benzene rings is 2. The summed E-state index contributed by atoms with van der Waals surface area (Å²) in [6.45, 7) is 3.20. The Hall–Kier alpha value is -2.51. The van der Waals surface area contributed by atoms with Gasteiger partial charge >= 0.3 is 0 Å². The molecule has 1 heterocycles. The van der Waals surface area contributed by atoms with Crippen LogP contribution in [0, 0.1) is 11.6 Å². The highest BCUT2D eigenvalue weighted by Gasteiger charge is 2.28. The van der Waals surface area contributed by atoms with Crippen molar-refractivity contribution in [3.05, 3.63) is 65.2 Å². The van der Waals surface area contributed by atoms with Gasteiger partial charge in [-0.2, -0.15) is 0 Å². The van der Waals surface area contributed by atoms with E-state index in [4.69, 9.17) is 4.74 Å². The Morgan fingerprint density at radius 1 is 1.11 bits per heavy atom. The highest BCUT2D eigenvalue weighted by molar-refractivity contribution is 5.94. The summed E-state index contributed by atoms with van der Waals surface area (Å²) < 4.78 is 33.2. The van der Waals surface area contributed by atoms with E-state index in [1.54, 1.807) is 0 Å². The monoisotopic (exact) mass is 390 g/mol. The zero-order valence-corrected chi connectivity index (χ0v) is 16.2. The van der Waals surface area contributed by atoms with Crippen molar-refractivity contribution in [2.24, 2.45) is 0 Å². The second-order valence-corrected chi connectivity index (χ2v) is 7.12. The summed E-state index contributed by atoms with van der Waals surface area (Å²) in [7, 11) is 3.95. The van der Waals surface area contributed by atoms with Gasteiger partial charge in [0.25, 0.3) is 5.91 Å². The van der Waals surface area contributed by atoms with Crippen molar-refractivity contribution in [3.63, 3.8) is 0 Å². The van der Waals surface area contributed by atoms with Gasteiger partial charge in [-0.05, 0) is 24.3 Å². The predicted molar refractivity (Wildman–Crippen MR) is 104 cm³/mol. The summed E-state index contributed by atoms with van der Waals surface area (Å²) in [4.78, 5) is 15.7. The largest absolute Gasteiger partial charge is 0.378 e. The van der Waals surface area contributed by atoms with Crippen LogP contribution in [-0.4, -0.2) is 52.9 Å². The van der Waals surface area contributed by atoms with Crippen molar-refractivity contribution < 1.29 is 23.2 Å². The van der Waals surface area contributed by atoms with Crippen molar-refractivity contribution in [3.8, 4) is 0 Å². The Morgan fingerprint density at radius 3 is 2.29 bits per heavy atom. The third-order valence-corrected chi connectivity index (χ3v) is 5.10. The first kappa shape index (κ1) is 20.2. The minimum atomic E-state index is -0.858. The molecule has 0 saturated carbocycles. The zero-order chi connectivity index (χ0) is 20.1. The standard InChI is InChI=1S/C21H25F2N3O2/c1-25(2)16-8-6-15(7-9-16)19(26-10-12-28-13-11-26)14-24-21(27)20-17(22)4-3-5-18(20)23/h3-9,19H,10-14H2,1-2H3,(H,24,27)/p+1/t19-/m1/s1. The van der Waals surface area contributed by atoms with Crippen LogP contribution in [-0.2, 0) is 4.74 Å². The maximum atomic E-state index is 13.9. The number of halogens is 2. The minimum Gasteiger partial charge on any atom is -0.378 e. The molecule has 1 fully saturated rings.